The minimum atomic E-state index is -0.840. The Hall–Kier alpha value is -3.61. The first-order chi connectivity index (χ1) is 13.1. The number of nitrogens with one attached hydrogen (secondary N) is 2. The number of anilines is 1. The van der Waals surface area contributed by atoms with Crippen LogP contribution in [0.5, 0.6) is 0 Å². The summed E-state index contributed by atoms with van der Waals surface area (Å²) in [6, 6.07) is 14.6. The Labute approximate surface area is 157 Å². The first kappa shape index (κ1) is 19.7. The lowest BCUT2D eigenvalue weighted by molar-refractivity contribution is -0.144. The molecule has 1 atom stereocenters. The van der Waals surface area contributed by atoms with Crippen molar-refractivity contribution in [1.29, 1.82) is 0 Å². The van der Waals surface area contributed by atoms with Gasteiger partial charge in [0.1, 0.15) is 12.6 Å². The number of esters is 1. The maximum Gasteiger partial charge on any atom is 0.329 e. The molecule has 0 bridgehead atoms. The van der Waals surface area contributed by atoms with Crippen molar-refractivity contribution in [2.24, 2.45) is 5.16 Å². The second-order valence-corrected chi connectivity index (χ2v) is 5.63. The van der Waals surface area contributed by atoms with E-state index >= 15 is 0 Å². The van der Waals surface area contributed by atoms with Crippen LogP contribution in [0.1, 0.15) is 11.1 Å². The number of hydrogen-bond donors (Lipinski definition) is 3. The fraction of sp³-hybridized carbons (Fsp3) is 0.150. The summed E-state index contributed by atoms with van der Waals surface area (Å²) in [5, 5.41) is 16.7. The van der Waals surface area contributed by atoms with E-state index in [2.05, 4.69) is 22.4 Å². The number of oxime groups is 1. The van der Waals surface area contributed by atoms with E-state index in [4.69, 9.17) is 9.94 Å². The Morgan fingerprint density at radius 1 is 1.15 bits per heavy atom. The molecule has 0 fully saturated rings. The molecule has 0 aliphatic heterocycles. The molecule has 140 valence electrons. The molecule has 2 aromatic rings. The van der Waals surface area contributed by atoms with Gasteiger partial charge in [0.2, 0.25) is 0 Å². The van der Waals surface area contributed by atoms with Gasteiger partial charge in [0.15, 0.2) is 0 Å². The van der Waals surface area contributed by atoms with Crippen molar-refractivity contribution >= 4 is 23.9 Å². The minimum absolute atomic E-state index is 0.0707. The molecule has 1 unspecified atom stereocenters. The van der Waals surface area contributed by atoms with Crippen LogP contribution in [0.15, 0.2) is 72.4 Å². The topological polar surface area (TPSA) is 100 Å². The number of ether oxygens (including phenoxy) is 1. The van der Waals surface area contributed by atoms with Crippen molar-refractivity contribution in [3.63, 3.8) is 0 Å². The van der Waals surface area contributed by atoms with Crippen molar-refractivity contribution in [3.05, 3.63) is 78.4 Å². The lowest BCUT2D eigenvalue weighted by atomic mass is 10.1. The molecule has 0 radical (unpaired) electrons. The summed E-state index contributed by atoms with van der Waals surface area (Å²) in [6.45, 7) is 3.58. The van der Waals surface area contributed by atoms with Crippen molar-refractivity contribution in [2.75, 3.05) is 11.9 Å². The first-order valence-electron chi connectivity index (χ1n) is 8.29. The van der Waals surface area contributed by atoms with Gasteiger partial charge in [-0.05, 0) is 23.3 Å². The van der Waals surface area contributed by atoms with Gasteiger partial charge < -0.3 is 20.6 Å². The third-order valence-electron chi connectivity index (χ3n) is 3.59. The molecular weight excluding hydrogens is 346 g/mol. The summed E-state index contributed by atoms with van der Waals surface area (Å²) in [5.41, 5.74) is 2.10. The Balaban J connectivity index is 2.02. The lowest BCUT2D eigenvalue weighted by Crippen LogP contribution is -2.45. The summed E-state index contributed by atoms with van der Waals surface area (Å²) < 4.78 is 5.08. The van der Waals surface area contributed by atoms with Crippen LogP contribution in [-0.4, -0.2) is 36.1 Å². The van der Waals surface area contributed by atoms with Crippen LogP contribution in [0.25, 0.3) is 0 Å². The number of nitrogens with zero attached hydrogens (tertiary/aromatic N) is 1. The molecule has 27 heavy (non-hydrogen) atoms. The molecular formula is C20H21N3O4. The fourth-order valence-electron chi connectivity index (χ4n) is 2.33. The van der Waals surface area contributed by atoms with Gasteiger partial charge in [-0.3, -0.25) is 0 Å². The smallest absolute Gasteiger partial charge is 0.329 e. The number of amides is 2. The SMILES string of the molecule is C=CCOC(=O)C(Cc1ccccc1)NC(=O)Nc1ccc(C=NO)cc1. The van der Waals surface area contributed by atoms with E-state index in [0.29, 0.717) is 17.7 Å². The molecule has 0 aromatic heterocycles. The number of carbonyl (C=O) groups is 2. The molecule has 0 heterocycles. The van der Waals surface area contributed by atoms with Crippen LogP contribution in [0.2, 0.25) is 0 Å². The predicted octanol–water partition coefficient (Wildman–Crippen LogP) is 2.96. The molecule has 2 amide bonds. The molecule has 0 saturated carbocycles. The highest BCUT2D eigenvalue weighted by Crippen LogP contribution is 2.09. The van der Waals surface area contributed by atoms with E-state index < -0.39 is 18.0 Å². The van der Waals surface area contributed by atoms with Crippen molar-refractivity contribution < 1.29 is 19.5 Å². The minimum Gasteiger partial charge on any atom is -0.460 e. The molecule has 2 aromatic carbocycles. The average molecular weight is 367 g/mol. The van der Waals surface area contributed by atoms with Gasteiger partial charge in [-0.15, -0.1) is 0 Å². The highest BCUT2D eigenvalue weighted by Gasteiger charge is 2.22. The number of hydrogen-bond acceptors (Lipinski definition) is 5. The van der Waals surface area contributed by atoms with E-state index in [0.717, 1.165) is 5.56 Å². The van der Waals surface area contributed by atoms with Crippen molar-refractivity contribution in [2.45, 2.75) is 12.5 Å². The predicted molar refractivity (Wildman–Crippen MR) is 103 cm³/mol. The quantitative estimate of drug-likeness (QED) is 0.220. The van der Waals surface area contributed by atoms with Crippen LogP contribution in [-0.2, 0) is 16.0 Å². The summed E-state index contributed by atoms with van der Waals surface area (Å²) in [7, 11) is 0. The molecule has 0 saturated heterocycles. The third kappa shape index (κ3) is 6.66. The van der Waals surface area contributed by atoms with Gasteiger partial charge in [0, 0.05) is 12.1 Å². The van der Waals surface area contributed by atoms with Gasteiger partial charge in [-0.1, -0.05) is 60.3 Å². The maximum atomic E-state index is 12.3. The Kier molecular flexibility index (Phi) is 7.59. The van der Waals surface area contributed by atoms with Gasteiger partial charge in [0.05, 0.1) is 6.21 Å². The largest absolute Gasteiger partial charge is 0.460 e. The van der Waals surface area contributed by atoms with Gasteiger partial charge in [-0.2, -0.15) is 0 Å². The van der Waals surface area contributed by atoms with Gasteiger partial charge in [-0.25, -0.2) is 9.59 Å². The fourth-order valence-corrected chi connectivity index (χ4v) is 2.33. The second kappa shape index (κ2) is 10.4. The summed E-state index contributed by atoms with van der Waals surface area (Å²) in [4.78, 5) is 24.5. The molecule has 7 nitrogen and oxygen atoms in total. The van der Waals surface area contributed by atoms with E-state index in [1.807, 2.05) is 30.3 Å². The molecule has 0 aliphatic rings. The molecule has 2 rings (SSSR count). The third-order valence-corrected chi connectivity index (χ3v) is 3.59. The maximum absolute atomic E-state index is 12.3. The first-order valence-corrected chi connectivity index (χ1v) is 8.29. The van der Waals surface area contributed by atoms with Crippen molar-refractivity contribution in [3.8, 4) is 0 Å². The van der Waals surface area contributed by atoms with Crippen LogP contribution >= 0.6 is 0 Å². The van der Waals surface area contributed by atoms with Gasteiger partial charge in [0.25, 0.3) is 0 Å². The molecule has 0 aliphatic carbocycles. The zero-order valence-electron chi connectivity index (χ0n) is 14.7. The van der Waals surface area contributed by atoms with Crippen molar-refractivity contribution in [1.82, 2.24) is 5.32 Å². The number of urea groups is 1. The summed E-state index contributed by atoms with van der Waals surface area (Å²) in [5.74, 6) is -0.539. The van der Waals surface area contributed by atoms with E-state index in [1.165, 1.54) is 12.3 Å². The summed E-state index contributed by atoms with van der Waals surface area (Å²) in [6.07, 6.45) is 3.04. The Morgan fingerprint density at radius 3 is 2.48 bits per heavy atom. The summed E-state index contributed by atoms with van der Waals surface area (Å²) >= 11 is 0. The molecule has 3 N–H and O–H groups in total. The van der Waals surface area contributed by atoms with E-state index in [-0.39, 0.29) is 6.61 Å². The van der Waals surface area contributed by atoms with E-state index in [1.54, 1.807) is 24.3 Å². The average Bonchev–Trinajstić information content (AvgIpc) is 2.68. The number of benzene rings is 2. The Bertz CT molecular complexity index is 789. The highest BCUT2D eigenvalue weighted by molar-refractivity contribution is 5.93. The zero-order valence-corrected chi connectivity index (χ0v) is 14.7. The molecule has 7 heteroatoms. The number of rotatable bonds is 8. The van der Waals surface area contributed by atoms with Gasteiger partial charge >= 0.3 is 12.0 Å². The van der Waals surface area contributed by atoms with Crippen LogP contribution < -0.4 is 10.6 Å². The lowest BCUT2D eigenvalue weighted by Gasteiger charge is -2.18. The monoisotopic (exact) mass is 367 g/mol. The highest BCUT2D eigenvalue weighted by atomic mass is 16.5. The van der Waals surface area contributed by atoms with Crippen LogP contribution in [0, 0.1) is 0 Å². The standard InChI is InChI=1S/C20H21N3O4/c1-2-12-27-19(24)18(13-15-6-4-3-5-7-15)23-20(25)22-17-10-8-16(9-11-17)14-21-26/h2-11,14,18,26H,1,12-13H2,(H2,22,23,25). The zero-order chi connectivity index (χ0) is 19.5. The molecule has 0 spiro atoms. The van der Waals surface area contributed by atoms with E-state index in [9.17, 15) is 9.59 Å². The second-order valence-electron chi connectivity index (χ2n) is 5.63. The number of carbonyl (C=O) groups excluding carboxylic acids is 2. The normalized spacial score (nSPS) is 11.6. The van der Waals surface area contributed by atoms with Crippen LogP contribution in [0.3, 0.4) is 0 Å². The van der Waals surface area contributed by atoms with Crippen LogP contribution in [0.4, 0.5) is 10.5 Å². The Morgan fingerprint density at radius 2 is 1.85 bits per heavy atom.